The van der Waals surface area contributed by atoms with Gasteiger partial charge in [0.15, 0.2) is 0 Å². The van der Waals surface area contributed by atoms with Gasteiger partial charge in [-0.15, -0.1) is 0 Å². The number of hydrogen-bond donors (Lipinski definition) is 2. The first-order valence-corrected chi connectivity index (χ1v) is 9.46. The van der Waals surface area contributed by atoms with Gasteiger partial charge in [-0.25, -0.2) is 0 Å². The Morgan fingerprint density at radius 1 is 1.16 bits per heavy atom. The van der Waals surface area contributed by atoms with Crippen LogP contribution in [0.25, 0.3) is 0 Å². The van der Waals surface area contributed by atoms with Crippen LogP contribution in [0.2, 0.25) is 0 Å². The maximum Gasteiger partial charge on any atom is 0.223 e. The Bertz CT molecular complexity index is 463. The molecule has 7 nitrogen and oxygen atoms in total. The molecule has 0 bridgehead atoms. The third-order valence-corrected chi connectivity index (χ3v) is 5.51. The molecule has 3 N–H and O–H groups in total. The molecular formula is C18H34N4O3. The molecule has 2 fully saturated rings. The monoisotopic (exact) mass is 354 g/mol. The first-order chi connectivity index (χ1) is 11.8. The molecule has 0 aromatic heterocycles. The van der Waals surface area contributed by atoms with E-state index in [4.69, 9.17) is 5.73 Å². The van der Waals surface area contributed by atoms with Crippen LogP contribution in [0.1, 0.15) is 38.5 Å². The van der Waals surface area contributed by atoms with Crippen LogP contribution in [-0.4, -0.2) is 90.6 Å². The molecule has 144 valence electrons. The zero-order chi connectivity index (χ0) is 18.4. The average molecular weight is 354 g/mol. The summed E-state index contributed by atoms with van der Waals surface area (Å²) in [6.07, 6.45) is 4.33. The van der Waals surface area contributed by atoms with Crippen molar-refractivity contribution in [2.45, 2.75) is 44.1 Å². The van der Waals surface area contributed by atoms with E-state index in [1.807, 2.05) is 23.9 Å². The van der Waals surface area contributed by atoms with E-state index in [0.29, 0.717) is 25.9 Å². The minimum absolute atomic E-state index is 0.00747. The second-order valence-electron chi connectivity index (χ2n) is 7.96. The van der Waals surface area contributed by atoms with Crippen LogP contribution in [0.4, 0.5) is 0 Å². The third kappa shape index (κ3) is 6.24. The summed E-state index contributed by atoms with van der Waals surface area (Å²) in [5.74, 6) is -0.0384. The Kier molecular flexibility index (Phi) is 7.22. The van der Waals surface area contributed by atoms with E-state index < -0.39 is 5.60 Å². The Morgan fingerprint density at radius 2 is 1.84 bits per heavy atom. The molecule has 7 heteroatoms. The Hall–Kier alpha value is -1.18. The van der Waals surface area contributed by atoms with Crippen LogP contribution in [0.15, 0.2) is 0 Å². The van der Waals surface area contributed by atoms with Crippen molar-refractivity contribution in [3.05, 3.63) is 0 Å². The van der Waals surface area contributed by atoms with Crippen LogP contribution < -0.4 is 5.73 Å². The lowest BCUT2D eigenvalue weighted by Gasteiger charge is -2.31. The summed E-state index contributed by atoms with van der Waals surface area (Å²) in [7, 11) is 3.93. The standard InChI is InChI=1S/C18H34N4O3/c1-20(2)14-18(25)7-3-9-22(13-8-18)16(23)6-12-21-10-4-15(5-11-21)17(19)24/h15,25H,3-14H2,1-2H3,(H2,19,24)/t18-/m1/s1. The van der Waals surface area contributed by atoms with Crippen molar-refractivity contribution in [3.63, 3.8) is 0 Å². The van der Waals surface area contributed by atoms with Crippen molar-refractivity contribution < 1.29 is 14.7 Å². The molecule has 2 aliphatic rings. The van der Waals surface area contributed by atoms with Gasteiger partial charge in [0, 0.05) is 38.5 Å². The number of likely N-dealkylation sites (N-methyl/N-ethyl adjacent to an activating group) is 1. The quantitative estimate of drug-likeness (QED) is 0.694. The predicted octanol–water partition coefficient (Wildman–Crippen LogP) is -0.121. The van der Waals surface area contributed by atoms with Gasteiger partial charge < -0.3 is 25.5 Å². The SMILES string of the molecule is CN(C)C[C@@]1(O)CCCN(C(=O)CCN2CCC(C(N)=O)CC2)CC1. The fourth-order valence-electron chi connectivity index (χ4n) is 4.03. The Balaban J connectivity index is 1.73. The van der Waals surface area contributed by atoms with Gasteiger partial charge in [-0.2, -0.15) is 0 Å². The fourth-order valence-corrected chi connectivity index (χ4v) is 4.03. The maximum atomic E-state index is 12.5. The summed E-state index contributed by atoms with van der Waals surface area (Å²) in [5, 5.41) is 10.7. The summed E-state index contributed by atoms with van der Waals surface area (Å²) >= 11 is 0. The number of rotatable bonds is 6. The number of primary amides is 1. The normalized spacial score (nSPS) is 26.6. The van der Waals surface area contributed by atoms with Crippen molar-refractivity contribution in [1.29, 1.82) is 0 Å². The van der Waals surface area contributed by atoms with Crippen molar-refractivity contribution in [1.82, 2.24) is 14.7 Å². The molecule has 2 rings (SSSR count). The first-order valence-electron chi connectivity index (χ1n) is 9.46. The van der Waals surface area contributed by atoms with Gasteiger partial charge >= 0.3 is 0 Å². The van der Waals surface area contributed by atoms with Crippen molar-refractivity contribution in [2.24, 2.45) is 11.7 Å². The largest absolute Gasteiger partial charge is 0.388 e. The second kappa shape index (κ2) is 8.96. The number of nitrogens with two attached hydrogens (primary N) is 1. The summed E-state index contributed by atoms with van der Waals surface area (Å²) in [5.41, 5.74) is 4.67. The van der Waals surface area contributed by atoms with E-state index >= 15 is 0 Å². The third-order valence-electron chi connectivity index (χ3n) is 5.51. The van der Waals surface area contributed by atoms with E-state index in [1.54, 1.807) is 0 Å². The highest BCUT2D eigenvalue weighted by molar-refractivity contribution is 5.77. The first kappa shape index (κ1) is 20.1. The predicted molar refractivity (Wildman–Crippen MR) is 96.9 cm³/mol. The van der Waals surface area contributed by atoms with E-state index in [0.717, 1.165) is 51.9 Å². The molecule has 0 aromatic carbocycles. The molecule has 2 amide bonds. The highest BCUT2D eigenvalue weighted by Crippen LogP contribution is 2.23. The number of hydrogen-bond acceptors (Lipinski definition) is 5. The number of amides is 2. The molecule has 2 saturated heterocycles. The molecule has 0 aliphatic carbocycles. The van der Waals surface area contributed by atoms with E-state index in [9.17, 15) is 14.7 Å². The summed E-state index contributed by atoms with van der Waals surface area (Å²) in [6, 6.07) is 0. The van der Waals surface area contributed by atoms with E-state index in [1.165, 1.54) is 0 Å². The van der Waals surface area contributed by atoms with E-state index in [-0.39, 0.29) is 17.7 Å². The molecule has 0 radical (unpaired) electrons. The molecule has 2 heterocycles. The molecule has 0 saturated carbocycles. The average Bonchev–Trinajstić information content (AvgIpc) is 2.74. The summed E-state index contributed by atoms with van der Waals surface area (Å²) < 4.78 is 0. The van der Waals surface area contributed by atoms with Gasteiger partial charge in [-0.3, -0.25) is 9.59 Å². The zero-order valence-corrected chi connectivity index (χ0v) is 15.7. The van der Waals surface area contributed by atoms with Crippen LogP contribution in [0.5, 0.6) is 0 Å². The second-order valence-corrected chi connectivity index (χ2v) is 7.96. The van der Waals surface area contributed by atoms with Crippen molar-refractivity contribution in [3.8, 4) is 0 Å². The molecule has 1 atom stereocenters. The number of aliphatic hydroxyl groups is 1. The lowest BCUT2D eigenvalue weighted by Crippen LogP contribution is -2.42. The molecule has 2 aliphatic heterocycles. The van der Waals surface area contributed by atoms with Crippen LogP contribution >= 0.6 is 0 Å². The van der Waals surface area contributed by atoms with Gasteiger partial charge in [0.1, 0.15) is 0 Å². The molecule has 0 unspecified atom stereocenters. The molecule has 0 aromatic rings. The van der Waals surface area contributed by atoms with Crippen LogP contribution in [0, 0.1) is 5.92 Å². The molecule has 25 heavy (non-hydrogen) atoms. The lowest BCUT2D eigenvalue weighted by atomic mass is 9.94. The Labute approximate surface area is 151 Å². The van der Waals surface area contributed by atoms with Gasteiger partial charge in [-0.05, 0) is 59.3 Å². The van der Waals surface area contributed by atoms with Gasteiger partial charge in [-0.1, -0.05) is 0 Å². The Morgan fingerprint density at radius 3 is 2.44 bits per heavy atom. The summed E-state index contributed by atoms with van der Waals surface area (Å²) in [6.45, 7) is 4.42. The van der Waals surface area contributed by atoms with Crippen LogP contribution in [-0.2, 0) is 9.59 Å². The lowest BCUT2D eigenvalue weighted by molar-refractivity contribution is -0.132. The van der Waals surface area contributed by atoms with E-state index in [2.05, 4.69) is 4.90 Å². The number of carbonyl (C=O) groups excluding carboxylic acids is 2. The van der Waals surface area contributed by atoms with Gasteiger partial charge in [0.05, 0.1) is 5.60 Å². The minimum atomic E-state index is -0.685. The number of likely N-dealkylation sites (tertiary alicyclic amines) is 2. The maximum absolute atomic E-state index is 12.5. The highest BCUT2D eigenvalue weighted by Gasteiger charge is 2.32. The number of carbonyl (C=O) groups is 2. The van der Waals surface area contributed by atoms with Crippen molar-refractivity contribution in [2.75, 3.05) is 53.4 Å². The number of nitrogens with zero attached hydrogens (tertiary/aromatic N) is 3. The van der Waals surface area contributed by atoms with Gasteiger partial charge in [0.2, 0.25) is 11.8 Å². The molecular weight excluding hydrogens is 320 g/mol. The molecule has 0 spiro atoms. The van der Waals surface area contributed by atoms with Gasteiger partial charge in [0.25, 0.3) is 0 Å². The smallest absolute Gasteiger partial charge is 0.223 e. The fraction of sp³-hybridized carbons (Fsp3) is 0.889. The number of piperidine rings is 1. The summed E-state index contributed by atoms with van der Waals surface area (Å²) in [4.78, 5) is 29.9. The topological polar surface area (TPSA) is 90.1 Å². The zero-order valence-electron chi connectivity index (χ0n) is 15.7. The minimum Gasteiger partial charge on any atom is -0.388 e. The van der Waals surface area contributed by atoms with Crippen LogP contribution in [0.3, 0.4) is 0 Å². The highest BCUT2D eigenvalue weighted by atomic mass is 16.3. The van der Waals surface area contributed by atoms with Crippen molar-refractivity contribution >= 4 is 11.8 Å².